The van der Waals surface area contributed by atoms with Gasteiger partial charge >= 0.3 is 5.97 Å². The molecule has 1 aliphatic rings. The third kappa shape index (κ3) is 5.82. The molecule has 1 aliphatic heterocycles. The van der Waals surface area contributed by atoms with Crippen molar-refractivity contribution >= 4 is 17.6 Å². The van der Waals surface area contributed by atoms with Gasteiger partial charge in [-0.1, -0.05) is 12.1 Å². The van der Waals surface area contributed by atoms with Gasteiger partial charge in [-0.2, -0.15) is 0 Å². The number of hydrogen-bond acceptors (Lipinski definition) is 4. The summed E-state index contributed by atoms with van der Waals surface area (Å²) in [6.07, 6.45) is 2.24. The number of aromatic carboxylic acids is 1. The lowest BCUT2D eigenvalue weighted by molar-refractivity contribution is -0.115. The van der Waals surface area contributed by atoms with Gasteiger partial charge in [0.2, 0.25) is 5.91 Å². The number of ether oxygens (including phenoxy) is 2. The summed E-state index contributed by atoms with van der Waals surface area (Å²) in [4.78, 5) is 23.0. The molecule has 0 aliphatic carbocycles. The summed E-state index contributed by atoms with van der Waals surface area (Å²) in [5.74, 6) is 0.175. The summed E-state index contributed by atoms with van der Waals surface area (Å²) < 4.78 is 11.2. The van der Waals surface area contributed by atoms with Crippen molar-refractivity contribution in [1.29, 1.82) is 0 Å². The molecule has 2 N–H and O–H groups in total. The number of carboxylic acid groups (broad SMARTS) is 1. The molecule has 0 spiro atoms. The number of rotatable bonds is 7. The number of amides is 1. The zero-order valence-corrected chi connectivity index (χ0v) is 15.0. The van der Waals surface area contributed by atoms with Crippen molar-refractivity contribution in [2.24, 2.45) is 5.92 Å². The summed E-state index contributed by atoms with van der Waals surface area (Å²) in [6.45, 7) is 2.29. The number of nitrogens with one attached hydrogen (secondary N) is 1. The smallest absolute Gasteiger partial charge is 0.335 e. The molecule has 27 heavy (non-hydrogen) atoms. The number of carbonyl (C=O) groups is 2. The molecule has 6 heteroatoms. The number of hydrogen-bond donors (Lipinski definition) is 2. The highest BCUT2D eigenvalue weighted by Crippen LogP contribution is 2.20. The molecule has 1 amide bonds. The van der Waals surface area contributed by atoms with Crippen LogP contribution in [0.3, 0.4) is 0 Å². The Hall–Kier alpha value is -2.86. The van der Waals surface area contributed by atoms with Crippen molar-refractivity contribution in [3.63, 3.8) is 0 Å². The maximum Gasteiger partial charge on any atom is 0.335 e. The van der Waals surface area contributed by atoms with Crippen molar-refractivity contribution in [3.8, 4) is 5.75 Å². The molecule has 0 unspecified atom stereocenters. The Morgan fingerprint density at radius 1 is 1.04 bits per heavy atom. The van der Waals surface area contributed by atoms with E-state index in [2.05, 4.69) is 5.32 Å². The summed E-state index contributed by atoms with van der Waals surface area (Å²) in [5.41, 5.74) is 1.66. The Balaban J connectivity index is 1.47. The van der Waals surface area contributed by atoms with Gasteiger partial charge in [-0.25, -0.2) is 4.79 Å². The van der Waals surface area contributed by atoms with Crippen LogP contribution in [-0.2, 0) is 16.0 Å². The van der Waals surface area contributed by atoms with Gasteiger partial charge in [0.15, 0.2) is 0 Å². The molecule has 3 rings (SSSR count). The fraction of sp³-hybridized carbons (Fsp3) is 0.333. The first-order valence-corrected chi connectivity index (χ1v) is 9.03. The zero-order chi connectivity index (χ0) is 19.1. The number of benzene rings is 2. The van der Waals surface area contributed by atoms with Crippen LogP contribution >= 0.6 is 0 Å². The highest BCUT2D eigenvalue weighted by atomic mass is 16.5. The lowest BCUT2D eigenvalue weighted by Gasteiger charge is -2.22. The van der Waals surface area contributed by atoms with Crippen LogP contribution in [0.2, 0.25) is 0 Å². The normalized spacial score (nSPS) is 14.5. The van der Waals surface area contributed by atoms with Gasteiger partial charge in [0.05, 0.1) is 18.6 Å². The van der Waals surface area contributed by atoms with Gasteiger partial charge in [0, 0.05) is 18.9 Å². The molecule has 2 aromatic rings. The molecule has 1 heterocycles. The summed E-state index contributed by atoms with van der Waals surface area (Å²) >= 11 is 0. The standard InChI is InChI=1S/C21H23NO5/c23-20(13-15-1-3-17(4-2-15)21(24)25)22-18-5-7-19(8-6-18)27-14-16-9-11-26-12-10-16/h1-8,16H,9-14H2,(H,22,23)(H,24,25). The molecule has 0 atom stereocenters. The molecule has 1 saturated heterocycles. The molecule has 1 fully saturated rings. The Kier molecular flexibility index (Phi) is 6.44. The minimum absolute atomic E-state index is 0.158. The Bertz CT molecular complexity index is 764. The minimum atomic E-state index is -0.981. The minimum Gasteiger partial charge on any atom is -0.493 e. The van der Waals surface area contributed by atoms with Crippen LogP contribution in [0.4, 0.5) is 5.69 Å². The highest BCUT2D eigenvalue weighted by Gasteiger charge is 2.14. The monoisotopic (exact) mass is 369 g/mol. The molecule has 142 valence electrons. The summed E-state index contributed by atoms with van der Waals surface area (Å²) in [5, 5.41) is 11.7. The van der Waals surface area contributed by atoms with Crippen molar-refractivity contribution in [2.75, 3.05) is 25.1 Å². The van der Waals surface area contributed by atoms with E-state index in [1.807, 2.05) is 24.3 Å². The van der Waals surface area contributed by atoms with Crippen LogP contribution in [-0.4, -0.2) is 36.8 Å². The van der Waals surface area contributed by atoms with E-state index in [0.717, 1.165) is 37.4 Å². The largest absolute Gasteiger partial charge is 0.493 e. The van der Waals surface area contributed by atoms with Crippen molar-refractivity contribution in [3.05, 3.63) is 59.7 Å². The van der Waals surface area contributed by atoms with E-state index in [9.17, 15) is 9.59 Å². The highest BCUT2D eigenvalue weighted by molar-refractivity contribution is 5.92. The second kappa shape index (κ2) is 9.19. The van der Waals surface area contributed by atoms with Crippen molar-refractivity contribution in [2.45, 2.75) is 19.3 Å². The van der Waals surface area contributed by atoms with E-state index in [4.69, 9.17) is 14.6 Å². The number of carboxylic acids is 1. The first-order chi connectivity index (χ1) is 13.1. The van der Waals surface area contributed by atoms with Gasteiger partial charge in [-0.05, 0) is 60.7 Å². The van der Waals surface area contributed by atoms with E-state index in [0.29, 0.717) is 18.2 Å². The van der Waals surface area contributed by atoms with E-state index in [-0.39, 0.29) is 17.9 Å². The van der Waals surface area contributed by atoms with E-state index in [1.54, 1.807) is 12.1 Å². The summed E-state index contributed by atoms with van der Waals surface area (Å²) in [6, 6.07) is 13.6. The second-order valence-corrected chi connectivity index (χ2v) is 6.62. The molecule has 0 radical (unpaired) electrons. The van der Waals surface area contributed by atoms with Gasteiger partial charge < -0.3 is 19.9 Å². The fourth-order valence-electron chi connectivity index (χ4n) is 2.92. The molecule has 2 aromatic carbocycles. The topological polar surface area (TPSA) is 84.9 Å². The van der Waals surface area contributed by atoms with Crippen molar-refractivity contribution in [1.82, 2.24) is 0 Å². The summed E-state index contributed by atoms with van der Waals surface area (Å²) in [7, 11) is 0. The maximum atomic E-state index is 12.1. The first-order valence-electron chi connectivity index (χ1n) is 9.03. The number of anilines is 1. The van der Waals surface area contributed by atoms with Crippen LogP contribution in [0, 0.1) is 5.92 Å². The number of carbonyl (C=O) groups excluding carboxylic acids is 1. The quantitative estimate of drug-likeness (QED) is 0.782. The SMILES string of the molecule is O=C(Cc1ccc(C(=O)O)cc1)Nc1ccc(OCC2CCOCC2)cc1. The average molecular weight is 369 g/mol. The van der Waals surface area contributed by atoms with Crippen LogP contribution in [0.1, 0.15) is 28.8 Å². The lowest BCUT2D eigenvalue weighted by Crippen LogP contribution is -2.21. The molecule has 0 bridgehead atoms. The van der Waals surface area contributed by atoms with Crippen LogP contribution < -0.4 is 10.1 Å². The van der Waals surface area contributed by atoms with E-state index >= 15 is 0 Å². The first kappa shape index (κ1) is 18.9. The Labute approximate surface area is 158 Å². The maximum absolute atomic E-state index is 12.1. The van der Waals surface area contributed by atoms with Crippen LogP contribution in [0.25, 0.3) is 0 Å². The van der Waals surface area contributed by atoms with E-state index < -0.39 is 5.97 Å². The second-order valence-electron chi connectivity index (χ2n) is 6.62. The molecule has 0 saturated carbocycles. The molecular weight excluding hydrogens is 346 g/mol. The van der Waals surface area contributed by atoms with Gasteiger partial charge in [0.1, 0.15) is 5.75 Å². The van der Waals surface area contributed by atoms with Crippen LogP contribution in [0.5, 0.6) is 5.75 Å². The van der Waals surface area contributed by atoms with Gasteiger partial charge in [0.25, 0.3) is 0 Å². The molecule has 6 nitrogen and oxygen atoms in total. The third-order valence-corrected chi connectivity index (χ3v) is 4.53. The van der Waals surface area contributed by atoms with E-state index in [1.165, 1.54) is 12.1 Å². The van der Waals surface area contributed by atoms with Crippen molar-refractivity contribution < 1.29 is 24.2 Å². The lowest BCUT2D eigenvalue weighted by atomic mass is 10.0. The molecule has 0 aromatic heterocycles. The Morgan fingerprint density at radius 2 is 1.70 bits per heavy atom. The fourth-order valence-corrected chi connectivity index (χ4v) is 2.92. The van der Waals surface area contributed by atoms with Gasteiger partial charge in [-0.3, -0.25) is 4.79 Å². The Morgan fingerprint density at radius 3 is 2.33 bits per heavy atom. The predicted octanol–water partition coefficient (Wildman–Crippen LogP) is 3.37. The molecular formula is C21H23NO5. The zero-order valence-electron chi connectivity index (χ0n) is 15.0. The van der Waals surface area contributed by atoms with Crippen LogP contribution in [0.15, 0.2) is 48.5 Å². The third-order valence-electron chi connectivity index (χ3n) is 4.53. The van der Waals surface area contributed by atoms with Gasteiger partial charge in [-0.15, -0.1) is 0 Å². The predicted molar refractivity (Wildman–Crippen MR) is 101 cm³/mol. The average Bonchev–Trinajstić information content (AvgIpc) is 2.68.